The van der Waals surface area contributed by atoms with Gasteiger partial charge in [0, 0.05) is 0 Å². The minimum absolute atomic E-state index is 0. The Balaban J connectivity index is 0.00000150. The molecule has 2 aromatic heterocycles. The van der Waals surface area contributed by atoms with Crippen LogP contribution in [0.1, 0.15) is 66.1 Å². The van der Waals surface area contributed by atoms with Gasteiger partial charge in [0.15, 0.2) is 0 Å². The van der Waals surface area contributed by atoms with Gasteiger partial charge in [0.1, 0.15) is 0 Å². The summed E-state index contributed by atoms with van der Waals surface area (Å²) >= 11 is -0.555. The molecule has 0 bridgehead atoms. The van der Waals surface area contributed by atoms with E-state index in [-0.39, 0.29) is 24.8 Å². The van der Waals surface area contributed by atoms with Crippen molar-refractivity contribution in [2.45, 2.75) is 47.0 Å². The van der Waals surface area contributed by atoms with E-state index in [1.807, 2.05) is 0 Å². The first-order chi connectivity index (χ1) is 21.3. The fourth-order valence-electron chi connectivity index (χ4n) is 8.78. The molecule has 0 aliphatic heterocycles. The van der Waals surface area contributed by atoms with Gasteiger partial charge in [-0.3, -0.25) is 0 Å². The number of hydrogen-bond acceptors (Lipinski definition) is 0. The van der Waals surface area contributed by atoms with Crippen molar-refractivity contribution in [3.05, 3.63) is 142 Å². The summed E-state index contributed by atoms with van der Waals surface area (Å²) in [5.41, 5.74) is 18.1. The zero-order valence-corrected chi connectivity index (χ0v) is 28.0. The van der Waals surface area contributed by atoms with Crippen LogP contribution in [0.15, 0.2) is 97.1 Å². The van der Waals surface area contributed by atoms with E-state index >= 15 is 0 Å². The van der Waals surface area contributed by atoms with Crippen molar-refractivity contribution < 1.29 is 44.0 Å². The molecule has 5 heteroatoms. The number of hydrogen-bond donors (Lipinski definition) is 0. The first-order valence-electron chi connectivity index (χ1n) is 16.0. The molecule has 0 spiro atoms. The predicted molar refractivity (Wildman–Crippen MR) is 175 cm³/mol. The summed E-state index contributed by atoms with van der Waals surface area (Å²) in [6.07, 6.45) is 12.4. The second-order valence-electron chi connectivity index (χ2n) is 12.7. The maximum Gasteiger partial charge on any atom is -1.00 e. The number of aromatic nitrogens is 2. The van der Waals surface area contributed by atoms with E-state index in [1.54, 1.807) is 22.5 Å². The smallest absolute Gasteiger partial charge is 1.00 e. The van der Waals surface area contributed by atoms with Gasteiger partial charge in [-0.15, -0.1) is 0 Å². The van der Waals surface area contributed by atoms with Crippen LogP contribution in [-0.4, -0.2) is 9.13 Å². The number of rotatable bonds is 4. The number of para-hydroxylation sites is 2. The number of benzene rings is 4. The maximum absolute atomic E-state index is 2.71. The second kappa shape index (κ2) is 11.2. The molecule has 45 heavy (non-hydrogen) atoms. The molecule has 2 nitrogen and oxygen atoms in total. The third kappa shape index (κ3) is 4.19. The second-order valence-corrected chi connectivity index (χ2v) is 15.0. The summed E-state index contributed by atoms with van der Waals surface area (Å²) < 4.78 is 6.31. The predicted octanol–water partition coefficient (Wildman–Crippen LogP) is 3.47. The minimum Gasteiger partial charge on any atom is -1.00 e. The molecule has 6 aromatic rings. The van der Waals surface area contributed by atoms with Crippen molar-refractivity contribution in [2.24, 2.45) is 0 Å². The van der Waals surface area contributed by atoms with Crippen molar-refractivity contribution in [2.75, 3.05) is 0 Å². The molecule has 2 atom stereocenters. The maximum atomic E-state index is 2.71. The van der Waals surface area contributed by atoms with Gasteiger partial charge >= 0.3 is 262 Å². The fraction of sp³-hybridized carbons (Fsp3) is 0.200. The van der Waals surface area contributed by atoms with E-state index in [4.69, 9.17) is 0 Å². The van der Waals surface area contributed by atoms with Gasteiger partial charge in [0.2, 0.25) is 0 Å². The van der Waals surface area contributed by atoms with Crippen LogP contribution < -0.4 is 24.8 Å². The number of allylic oxidation sites excluding steroid dienone is 2. The van der Waals surface area contributed by atoms with Gasteiger partial charge in [-0.2, -0.15) is 0 Å². The standard InChI is InChI=1S/2C20H16N.2ClH.Ti/c2*1-2-7-15-13-16(12-14(15)6-1)21-19-10-4-3-8-17(19)18-9-5-11-20(18)21;;;/h2*1-4,6-8,10,12-13H,5,9,11H2;2*1H;/q;;;;+2/p-2. The van der Waals surface area contributed by atoms with Crippen LogP contribution in [0, 0.1) is 0 Å². The molecule has 4 aliphatic rings. The van der Waals surface area contributed by atoms with E-state index in [2.05, 4.69) is 118 Å². The Kier molecular flexibility index (Phi) is 7.27. The van der Waals surface area contributed by atoms with Crippen molar-refractivity contribution >= 4 is 45.4 Å². The molecule has 0 amide bonds. The molecular weight excluding hydrogens is 627 g/mol. The molecule has 0 saturated carbocycles. The zero-order valence-electron chi connectivity index (χ0n) is 24.9. The van der Waals surface area contributed by atoms with Crippen LogP contribution in [0.3, 0.4) is 0 Å². The molecule has 2 heterocycles. The van der Waals surface area contributed by atoms with Crippen molar-refractivity contribution in [3.63, 3.8) is 0 Å². The SMILES string of the molecule is C1=C(n2c3c(c4ccccc42)CCC3)[CH]([Ti+2][CH]2C(n3c4c(c5ccccc53)CCC4)=Cc3ccccc32)c2ccccc21.[Cl-].[Cl-]. The van der Waals surface area contributed by atoms with Crippen molar-refractivity contribution in [3.8, 4) is 0 Å². The van der Waals surface area contributed by atoms with Crippen LogP contribution in [0.4, 0.5) is 0 Å². The van der Waals surface area contributed by atoms with Gasteiger partial charge < -0.3 is 24.8 Å². The molecule has 10 rings (SSSR count). The molecule has 220 valence electrons. The van der Waals surface area contributed by atoms with Crippen LogP contribution in [-0.2, 0) is 44.8 Å². The molecule has 0 fully saturated rings. The Bertz CT molecular complexity index is 2040. The number of nitrogens with zero attached hydrogens (tertiary/aromatic N) is 2. The Morgan fingerprint density at radius 1 is 0.489 bits per heavy atom. The molecular formula is C40H32Cl2N2Ti. The summed E-state index contributed by atoms with van der Waals surface area (Å²) in [6, 6.07) is 36.8. The van der Waals surface area contributed by atoms with Gasteiger partial charge in [-0.1, -0.05) is 0 Å². The van der Waals surface area contributed by atoms with E-state index < -0.39 is 19.2 Å². The number of halogens is 2. The first kappa shape index (κ1) is 29.2. The molecule has 0 N–H and O–H groups in total. The Morgan fingerprint density at radius 2 is 0.911 bits per heavy atom. The Hall–Kier alpha value is -3.27. The molecule has 4 aromatic carbocycles. The third-order valence-corrected chi connectivity index (χ3v) is 13.5. The summed E-state index contributed by atoms with van der Waals surface area (Å²) in [7, 11) is 0. The van der Waals surface area contributed by atoms with Crippen LogP contribution >= 0.6 is 0 Å². The summed E-state index contributed by atoms with van der Waals surface area (Å²) in [5.74, 6) is 0. The normalized spacial score (nSPS) is 18.8. The summed E-state index contributed by atoms with van der Waals surface area (Å²) in [6.45, 7) is 0. The largest absolute Gasteiger partial charge is 1.00 e. The Labute approximate surface area is 285 Å². The number of aryl methyl sites for hydroxylation is 2. The van der Waals surface area contributed by atoms with E-state index in [0.29, 0.717) is 8.45 Å². The average Bonchev–Trinajstić information content (AvgIpc) is 3.88. The first-order valence-corrected chi connectivity index (χ1v) is 17.8. The van der Waals surface area contributed by atoms with Gasteiger partial charge in [-0.25, -0.2) is 0 Å². The fourth-order valence-corrected chi connectivity index (χ4v) is 11.9. The zero-order chi connectivity index (χ0) is 28.1. The monoisotopic (exact) mass is 658 g/mol. The van der Waals surface area contributed by atoms with E-state index in [1.165, 1.54) is 94.0 Å². The summed E-state index contributed by atoms with van der Waals surface area (Å²) in [5, 5.41) is 2.93. The number of fused-ring (bicyclic) bond motifs is 8. The third-order valence-electron chi connectivity index (χ3n) is 10.5. The topological polar surface area (TPSA) is 9.86 Å². The van der Waals surface area contributed by atoms with Crippen LogP contribution in [0.2, 0.25) is 0 Å². The van der Waals surface area contributed by atoms with E-state index in [0.717, 1.165) is 0 Å². The van der Waals surface area contributed by atoms with Gasteiger partial charge in [0.25, 0.3) is 0 Å². The summed E-state index contributed by atoms with van der Waals surface area (Å²) in [4.78, 5) is 0. The van der Waals surface area contributed by atoms with E-state index in [9.17, 15) is 0 Å². The molecule has 4 aliphatic carbocycles. The average molecular weight is 659 g/mol. The van der Waals surface area contributed by atoms with Crippen molar-refractivity contribution in [1.82, 2.24) is 9.13 Å². The van der Waals surface area contributed by atoms with Gasteiger partial charge in [0.05, 0.1) is 0 Å². The minimum atomic E-state index is -0.555. The van der Waals surface area contributed by atoms with Crippen molar-refractivity contribution in [1.29, 1.82) is 0 Å². The molecule has 0 saturated heterocycles. The Morgan fingerprint density at radius 3 is 1.40 bits per heavy atom. The molecule has 0 radical (unpaired) electrons. The molecule has 2 unspecified atom stereocenters. The van der Waals surface area contributed by atoms with Gasteiger partial charge in [-0.05, 0) is 0 Å². The van der Waals surface area contributed by atoms with Crippen LogP contribution in [0.25, 0.3) is 45.4 Å². The quantitative estimate of drug-likeness (QED) is 0.257. The van der Waals surface area contributed by atoms with Crippen LogP contribution in [0.5, 0.6) is 0 Å².